The normalized spacial score (nSPS) is 10.8. The zero-order valence-corrected chi connectivity index (χ0v) is 13.6. The predicted molar refractivity (Wildman–Crippen MR) is 85.8 cm³/mol. The maximum Gasteiger partial charge on any atom is 0.124 e. The van der Waals surface area contributed by atoms with Crippen molar-refractivity contribution >= 4 is 0 Å². The van der Waals surface area contributed by atoms with Gasteiger partial charge < -0.3 is 19.5 Å². The second-order valence-electron chi connectivity index (χ2n) is 4.99. The Morgan fingerprint density at radius 1 is 1.00 bits per heavy atom. The number of ether oxygens (including phenoxy) is 3. The zero-order valence-electron chi connectivity index (χ0n) is 13.6. The van der Waals surface area contributed by atoms with Crippen LogP contribution in [-0.4, -0.2) is 33.5 Å². The summed E-state index contributed by atoms with van der Waals surface area (Å²) in [6.45, 7) is 8.79. The van der Waals surface area contributed by atoms with Crippen molar-refractivity contribution in [3.8, 4) is 5.75 Å². The average Bonchev–Trinajstić information content (AvgIpc) is 2.51. The lowest BCUT2D eigenvalue weighted by Gasteiger charge is -2.12. The molecule has 0 saturated carbocycles. The van der Waals surface area contributed by atoms with E-state index in [1.54, 1.807) is 7.11 Å². The fourth-order valence-electron chi connectivity index (χ4n) is 2.01. The van der Waals surface area contributed by atoms with Gasteiger partial charge >= 0.3 is 0 Å². The Bertz CT molecular complexity index is 382. The topological polar surface area (TPSA) is 39.7 Å². The Hall–Kier alpha value is -1.10. The van der Waals surface area contributed by atoms with E-state index < -0.39 is 0 Å². The van der Waals surface area contributed by atoms with E-state index in [1.807, 2.05) is 6.07 Å². The molecule has 1 N–H and O–H groups in total. The van der Waals surface area contributed by atoms with Gasteiger partial charge in [0.15, 0.2) is 0 Å². The summed E-state index contributed by atoms with van der Waals surface area (Å²) in [4.78, 5) is 0. The van der Waals surface area contributed by atoms with Crippen LogP contribution >= 0.6 is 0 Å². The SMILES string of the molecule is CCCNCc1ccc(OC)c(COCCOCCC)c1. The molecular weight excluding hydrogens is 266 g/mol. The van der Waals surface area contributed by atoms with Crippen molar-refractivity contribution in [2.75, 3.05) is 33.5 Å². The third kappa shape index (κ3) is 7.46. The summed E-state index contributed by atoms with van der Waals surface area (Å²) in [6, 6.07) is 6.25. The third-order valence-corrected chi connectivity index (χ3v) is 3.08. The van der Waals surface area contributed by atoms with Crippen LogP contribution in [-0.2, 0) is 22.6 Å². The van der Waals surface area contributed by atoms with Crippen molar-refractivity contribution in [1.82, 2.24) is 5.32 Å². The minimum absolute atomic E-state index is 0.556. The zero-order chi connectivity index (χ0) is 15.3. The van der Waals surface area contributed by atoms with Gasteiger partial charge in [-0.15, -0.1) is 0 Å². The number of benzene rings is 1. The number of hydrogen-bond donors (Lipinski definition) is 1. The Balaban J connectivity index is 2.43. The molecule has 4 heteroatoms. The van der Waals surface area contributed by atoms with E-state index in [0.717, 1.165) is 43.9 Å². The van der Waals surface area contributed by atoms with Gasteiger partial charge in [0.1, 0.15) is 5.75 Å². The van der Waals surface area contributed by atoms with Crippen molar-refractivity contribution in [2.24, 2.45) is 0 Å². The minimum atomic E-state index is 0.556. The lowest BCUT2D eigenvalue weighted by atomic mass is 10.1. The largest absolute Gasteiger partial charge is 0.496 e. The van der Waals surface area contributed by atoms with Crippen LogP contribution in [0.1, 0.15) is 37.8 Å². The molecule has 1 rings (SSSR count). The van der Waals surface area contributed by atoms with Crippen molar-refractivity contribution in [2.45, 2.75) is 39.8 Å². The van der Waals surface area contributed by atoms with Gasteiger partial charge in [0.2, 0.25) is 0 Å². The van der Waals surface area contributed by atoms with Crippen molar-refractivity contribution in [3.05, 3.63) is 29.3 Å². The van der Waals surface area contributed by atoms with Crippen LogP contribution in [0.3, 0.4) is 0 Å². The molecule has 0 heterocycles. The molecular formula is C17H29NO3. The summed E-state index contributed by atoms with van der Waals surface area (Å²) in [6.07, 6.45) is 2.19. The van der Waals surface area contributed by atoms with Crippen molar-refractivity contribution in [3.63, 3.8) is 0 Å². The van der Waals surface area contributed by atoms with E-state index in [-0.39, 0.29) is 0 Å². The molecule has 4 nitrogen and oxygen atoms in total. The lowest BCUT2D eigenvalue weighted by molar-refractivity contribution is 0.0402. The molecule has 0 aliphatic carbocycles. The molecule has 0 aromatic heterocycles. The molecule has 0 saturated heterocycles. The number of nitrogens with one attached hydrogen (secondary N) is 1. The smallest absolute Gasteiger partial charge is 0.124 e. The van der Waals surface area contributed by atoms with Crippen LogP contribution < -0.4 is 10.1 Å². The molecule has 0 bridgehead atoms. The molecule has 1 aromatic carbocycles. The summed E-state index contributed by atoms with van der Waals surface area (Å²) >= 11 is 0. The van der Waals surface area contributed by atoms with Gasteiger partial charge in [-0.25, -0.2) is 0 Å². The number of hydrogen-bond acceptors (Lipinski definition) is 4. The summed E-state index contributed by atoms with van der Waals surface area (Å²) < 4.78 is 16.5. The maximum atomic E-state index is 5.66. The fourth-order valence-corrected chi connectivity index (χ4v) is 2.01. The minimum Gasteiger partial charge on any atom is -0.496 e. The van der Waals surface area contributed by atoms with Crippen molar-refractivity contribution < 1.29 is 14.2 Å². The molecule has 0 spiro atoms. The highest BCUT2D eigenvalue weighted by atomic mass is 16.5. The Kier molecular flexibility index (Phi) is 9.87. The number of methoxy groups -OCH3 is 1. The van der Waals surface area contributed by atoms with E-state index in [1.165, 1.54) is 5.56 Å². The van der Waals surface area contributed by atoms with Gasteiger partial charge in [-0.2, -0.15) is 0 Å². The highest BCUT2D eigenvalue weighted by Crippen LogP contribution is 2.20. The van der Waals surface area contributed by atoms with E-state index in [9.17, 15) is 0 Å². The van der Waals surface area contributed by atoms with Crippen LogP contribution in [0.5, 0.6) is 5.75 Å². The van der Waals surface area contributed by atoms with Gasteiger partial charge in [-0.05, 0) is 37.1 Å². The molecule has 0 amide bonds. The Morgan fingerprint density at radius 3 is 2.52 bits per heavy atom. The van der Waals surface area contributed by atoms with Crippen LogP contribution in [0.4, 0.5) is 0 Å². The molecule has 21 heavy (non-hydrogen) atoms. The van der Waals surface area contributed by atoms with Crippen LogP contribution in [0.15, 0.2) is 18.2 Å². The monoisotopic (exact) mass is 295 g/mol. The summed E-state index contributed by atoms with van der Waals surface area (Å²) in [7, 11) is 1.69. The lowest BCUT2D eigenvalue weighted by Crippen LogP contribution is -2.14. The maximum absolute atomic E-state index is 5.66. The van der Waals surface area contributed by atoms with Gasteiger partial charge in [0, 0.05) is 18.7 Å². The first-order valence-corrected chi connectivity index (χ1v) is 7.83. The molecule has 0 unspecified atom stereocenters. The average molecular weight is 295 g/mol. The highest BCUT2D eigenvalue weighted by Gasteiger charge is 2.05. The van der Waals surface area contributed by atoms with E-state index in [2.05, 4.69) is 31.3 Å². The van der Waals surface area contributed by atoms with Crippen LogP contribution in [0.2, 0.25) is 0 Å². The van der Waals surface area contributed by atoms with E-state index in [0.29, 0.717) is 19.8 Å². The highest BCUT2D eigenvalue weighted by molar-refractivity contribution is 5.36. The van der Waals surface area contributed by atoms with E-state index in [4.69, 9.17) is 14.2 Å². The number of rotatable bonds is 12. The van der Waals surface area contributed by atoms with Crippen LogP contribution in [0, 0.1) is 0 Å². The summed E-state index contributed by atoms with van der Waals surface area (Å²) in [5.74, 6) is 0.878. The molecule has 0 aliphatic rings. The Morgan fingerprint density at radius 2 is 1.81 bits per heavy atom. The molecule has 0 atom stereocenters. The first-order valence-electron chi connectivity index (χ1n) is 7.83. The first kappa shape index (κ1) is 18.0. The first-order chi connectivity index (χ1) is 10.3. The molecule has 120 valence electrons. The molecule has 0 radical (unpaired) electrons. The molecule has 0 aliphatic heterocycles. The van der Waals surface area contributed by atoms with Gasteiger partial charge in [-0.3, -0.25) is 0 Å². The van der Waals surface area contributed by atoms with Gasteiger partial charge in [0.05, 0.1) is 26.9 Å². The predicted octanol–water partition coefficient (Wildman–Crippen LogP) is 3.14. The standard InChI is InChI=1S/C17H29NO3/c1-4-8-18-13-15-6-7-17(19-3)16(12-15)14-21-11-10-20-9-5-2/h6-7,12,18H,4-5,8-11,13-14H2,1-3H3. The summed E-state index contributed by atoms with van der Waals surface area (Å²) in [5, 5.41) is 3.40. The third-order valence-electron chi connectivity index (χ3n) is 3.08. The summed E-state index contributed by atoms with van der Waals surface area (Å²) in [5.41, 5.74) is 2.34. The van der Waals surface area contributed by atoms with Gasteiger partial charge in [0.25, 0.3) is 0 Å². The molecule has 0 fully saturated rings. The Labute approximate surface area is 128 Å². The second kappa shape index (κ2) is 11.5. The van der Waals surface area contributed by atoms with E-state index >= 15 is 0 Å². The van der Waals surface area contributed by atoms with Crippen molar-refractivity contribution in [1.29, 1.82) is 0 Å². The quantitative estimate of drug-likeness (QED) is 0.601. The fraction of sp³-hybridized carbons (Fsp3) is 0.647. The van der Waals surface area contributed by atoms with Crippen LogP contribution in [0.25, 0.3) is 0 Å². The van der Waals surface area contributed by atoms with Gasteiger partial charge in [-0.1, -0.05) is 19.9 Å². The second-order valence-corrected chi connectivity index (χ2v) is 4.99. The molecule has 1 aromatic rings.